The Kier molecular flexibility index (Phi) is 3.34. The highest BCUT2D eigenvalue weighted by Gasteiger charge is 2.22. The molecule has 1 fully saturated rings. The quantitative estimate of drug-likeness (QED) is 0.791. The molecule has 19 heavy (non-hydrogen) atoms. The zero-order valence-electron chi connectivity index (χ0n) is 11.2. The van der Waals surface area contributed by atoms with Gasteiger partial charge >= 0.3 is 0 Å². The summed E-state index contributed by atoms with van der Waals surface area (Å²) in [7, 11) is 0. The number of carbonyl (C=O) groups is 1. The molecular weight excluding hydrogens is 238 g/mol. The Labute approximate surface area is 113 Å². The van der Waals surface area contributed by atoms with Crippen LogP contribution >= 0.6 is 0 Å². The number of fused-ring (bicyclic) bond motifs is 1. The summed E-state index contributed by atoms with van der Waals surface area (Å²) >= 11 is 0. The van der Waals surface area contributed by atoms with Crippen LogP contribution in [0.15, 0.2) is 24.5 Å². The second kappa shape index (κ2) is 5.13. The molecule has 3 heterocycles. The summed E-state index contributed by atoms with van der Waals surface area (Å²) in [5.41, 5.74) is 3.24. The van der Waals surface area contributed by atoms with Crippen LogP contribution in [0.25, 0.3) is 5.65 Å². The summed E-state index contributed by atoms with van der Waals surface area (Å²) < 4.78 is 2.06. The molecule has 0 bridgehead atoms. The highest BCUT2D eigenvalue weighted by molar-refractivity contribution is 5.57. The Hall–Kier alpha value is -1.68. The number of likely N-dealkylation sites (tertiary alicyclic amines) is 1. The summed E-state index contributed by atoms with van der Waals surface area (Å²) in [5, 5.41) is 0. The van der Waals surface area contributed by atoms with Gasteiger partial charge in [-0.15, -0.1) is 0 Å². The number of nitrogens with zero attached hydrogens (tertiary/aromatic N) is 3. The SMILES string of the molecule is Cc1ccc2nc(CN3CCCCC3C=O)cn2c1. The lowest BCUT2D eigenvalue weighted by molar-refractivity contribution is -0.113. The van der Waals surface area contributed by atoms with Gasteiger partial charge in [-0.3, -0.25) is 4.90 Å². The molecule has 100 valence electrons. The number of imidazole rings is 1. The summed E-state index contributed by atoms with van der Waals surface area (Å²) in [5.74, 6) is 0. The molecule has 0 aromatic carbocycles. The van der Waals surface area contributed by atoms with E-state index in [-0.39, 0.29) is 6.04 Å². The van der Waals surface area contributed by atoms with Crippen molar-refractivity contribution in [2.24, 2.45) is 0 Å². The number of rotatable bonds is 3. The fourth-order valence-electron chi connectivity index (χ4n) is 2.81. The van der Waals surface area contributed by atoms with Crippen LogP contribution in [0.5, 0.6) is 0 Å². The average molecular weight is 257 g/mol. The Balaban J connectivity index is 1.82. The first-order chi connectivity index (χ1) is 9.26. The third kappa shape index (κ3) is 2.54. The molecular formula is C15H19N3O. The van der Waals surface area contributed by atoms with Gasteiger partial charge in [0.2, 0.25) is 0 Å². The van der Waals surface area contributed by atoms with Gasteiger partial charge < -0.3 is 9.20 Å². The van der Waals surface area contributed by atoms with Gasteiger partial charge in [0.1, 0.15) is 11.9 Å². The van der Waals surface area contributed by atoms with Crippen molar-refractivity contribution >= 4 is 11.9 Å². The van der Waals surface area contributed by atoms with E-state index in [9.17, 15) is 4.79 Å². The van der Waals surface area contributed by atoms with Crippen LogP contribution in [-0.4, -0.2) is 33.2 Å². The van der Waals surface area contributed by atoms with E-state index in [1.165, 1.54) is 12.0 Å². The second-order valence-electron chi connectivity index (χ2n) is 5.37. The third-order valence-corrected chi connectivity index (χ3v) is 3.84. The molecule has 3 rings (SSSR count). The normalized spacial score (nSPS) is 20.8. The topological polar surface area (TPSA) is 37.6 Å². The molecule has 4 heteroatoms. The van der Waals surface area contributed by atoms with E-state index >= 15 is 0 Å². The smallest absolute Gasteiger partial charge is 0.137 e. The molecule has 0 saturated carbocycles. The van der Waals surface area contributed by atoms with Gasteiger partial charge in [-0.25, -0.2) is 4.98 Å². The monoisotopic (exact) mass is 257 g/mol. The molecule has 0 spiro atoms. The number of aromatic nitrogens is 2. The molecule has 4 nitrogen and oxygen atoms in total. The molecule has 0 N–H and O–H groups in total. The third-order valence-electron chi connectivity index (χ3n) is 3.84. The molecule has 1 aliphatic heterocycles. The van der Waals surface area contributed by atoms with Crippen LogP contribution in [0.2, 0.25) is 0 Å². The van der Waals surface area contributed by atoms with Crippen molar-refractivity contribution in [2.45, 2.75) is 38.8 Å². The van der Waals surface area contributed by atoms with Crippen molar-refractivity contribution in [3.8, 4) is 0 Å². The minimum absolute atomic E-state index is 0.0697. The van der Waals surface area contributed by atoms with Crippen LogP contribution in [0.1, 0.15) is 30.5 Å². The maximum Gasteiger partial charge on any atom is 0.137 e. The second-order valence-corrected chi connectivity index (χ2v) is 5.37. The number of aldehydes is 1. The summed E-state index contributed by atoms with van der Waals surface area (Å²) in [6.07, 6.45) is 8.55. The van der Waals surface area contributed by atoms with Gasteiger partial charge in [-0.05, 0) is 37.9 Å². The lowest BCUT2D eigenvalue weighted by Crippen LogP contribution is -2.39. The van der Waals surface area contributed by atoms with Gasteiger partial charge in [-0.1, -0.05) is 12.5 Å². The van der Waals surface area contributed by atoms with Crippen molar-refractivity contribution < 1.29 is 4.79 Å². The van der Waals surface area contributed by atoms with Gasteiger partial charge in [0.15, 0.2) is 0 Å². The molecule has 2 aromatic heterocycles. The summed E-state index contributed by atoms with van der Waals surface area (Å²) in [6, 6.07) is 4.17. The van der Waals surface area contributed by atoms with Crippen LogP contribution in [0.3, 0.4) is 0 Å². The Bertz CT molecular complexity index is 590. The Morgan fingerprint density at radius 1 is 1.37 bits per heavy atom. The zero-order chi connectivity index (χ0) is 13.2. The fraction of sp³-hybridized carbons (Fsp3) is 0.467. The standard InChI is InChI=1S/C15H19N3O/c1-12-5-6-15-16-13(10-18(15)8-12)9-17-7-3-2-4-14(17)11-19/h5-6,8,10-11,14H,2-4,7,9H2,1H3. The van der Waals surface area contributed by atoms with Crippen molar-refractivity contribution in [1.29, 1.82) is 0 Å². The van der Waals surface area contributed by atoms with E-state index < -0.39 is 0 Å². The highest BCUT2D eigenvalue weighted by Crippen LogP contribution is 2.18. The highest BCUT2D eigenvalue weighted by atomic mass is 16.1. The maximum absolute atomic E-state index is 11.1. The largest absolute Gasteiger partial charge is 0.307 e. The van der Waals surface area contributed by atoms with Gasteiger partial charge in [0.25, 0.3) is 0 Å². The Morgan fingerprint density at radius 3 is 3.11 bits per heavy atom. The molecule has 0 amide bonds. The van der Waals surface area contributed by atoms with Crippen molar-refractivity contribution in [1.82, 2.24) is 14.3 Å². The van der Waals surface area contributed by atoms with E-state index in [1.807, 2.05) is 6.07 Å². The zero-order valence-corrected chi connectivity index (χ0v) is 11.2. The van der Waals surface area contributed by atoms with E-state index in [0.29, 0.717) is 0 Å². The molecule has 1 saturated heterocycles. The first-order valence-electron chi connectivity index (χ1n) is 6.90. The molecule has 1 atom stereocenters. The van der Waals surface area contributed by atoms with Crippen molar-refractivity contribution in [3.63, 3.8) is 0 Å². The van der Waals surface area contributed by atoms with Gasteiger partial charge in [0.05, 0.1) is 11.7 Å². The van der Waals surface area contributed by atoms with Crippen LogP contribution in [-0.2, 0) is 11.3 Å². The lowest BCUT2D eigenvalue weighted by Gasteiger charge is -2.31. The number of hydrogen-bond acceptors (Lipinski definition) is 3. The lowest BCUT2D eigenvalue weighted by atomic mass is 10.0. The van der Waals surface area contributed by atoms with E-state index in [2.05, 4.69) is 39.7 Å². The predicted octanol–water partition coefficient (Wildman–Crippen LogP) is 2.20. The number of carbonyl (C=O) groups excluding carboxylic acids is 1. The Morgan fingerprint density at radius 2 is 2.26 bits per heavy atom. The first kappa shape index (κ1) is 12.4. The van der Waals surface area contributed by atoms with Gasteiger partial charge in [0, 0.05) is 18.9 Å². The molecule has 1 unspecified atom stereocenters. The molecule has 0 radical (unpaired) electrons. The maximum atomic E-state index is 11.1. The molecule has 1 aliphatic rings. The molecule has 2 aromatic rings. The van der Waals surface area contributed by atoms with Crippen LogP contribution < -0.4 is 0 Å². The van der Waals surface area contributed by atoms with Crippen molar-refractivity contribution in [3.05, 3.63) is 35.8 Å². The number of pyridine rings is 1. The number of hydrogen-bond donors (Lipinski definition) is 0. The fourth-order valence-corrected chi connectivity index (χ4v) is 2.81. The minimum Gasteiger partial charge on any atom is -0.307 e. The van der Waals surface area contributed by atoms with Gasteiger partial charge in [-0.2, -0.15) is 0 Å². The molecule has 0 aliphatic carbocycles. The predicted molar refractivity (Wildman–Crippen MR) is 74.0 cm³/mol. The van der Waals surface area contributed by atoms with E-state index in [1.54, 1.807) is 0 Å². The van der Waals surface area contributed by atoms with Crippen LogP contribution in [0, 0.1) is 6.92 Å². The average Bonchev–Trinajstić information content (AvgIpc) is 2.80. The first-order valence-corrected chi connectivity index (χ1v) is 6.90. The van der Waals surface area contributed by atoms with E-state index in [0.717, 1.165) is 43.6 Å². The number of aryl methyl sites for hydroxylation is 1. The summed E-state index contributed by atoms with van der Waals surface area (Å²) in [4.78, 5) is 18.0. The number of piperidine rings is 1. The minimum atomic E-state index is 0.0697. The van der Waals surface area contributed by atoms with Crippen LogP contribution in [0.4, 0.5) is 0 Å². The van der Waals surface area contributed by atoms with E-state index in [4.69, 9.17) is 0 Å². The summed E-state index contributed by atoms with van der Waals surface area (Å²) in [6.45, 7) is 3.84. The van der Waals surface area contributed by atoms with Crippen molar-refractivity contribution in [2.75, 3.05) is 6.54 Å².